The van der Waals surface area contributed by atoms with E-state index in [2.05, 4.69) is 31.2 Å². The number of benzene rings is 3. The Morgan fingerprint density at radius 3 is 2.15 bits per heavy atom. The number of methoxy groups -OCH3 is 1. The Hall–Kier alpha value is -3.24. The summed E-state index contributed by atoms with van der Waals surface area (Å²) in [5.41, 5.74) is 3.80. The minimum absolute atomic E-state index is 0.192. The molecule has 8 heteroatoms. The van der Waals surface area contributed by atoms with Crippen LogP contribution in [-0.2, 0) is 20.7 Å². The molecule has 0 saturated heterocycles. The third-order valence-corrected chi connectivity index (χ3v) is 9.79. The van der Waals surface area contributed by atoms with E-state index >= 15 is 0 Å². The molecule has 0 N–H and O–H groups in total. The van der Waals surface area contributed by atoms with Crippen molar-refractivity contribution in [1.29, 1.82) is 0 Å². The number of rotatable bonds is 13. The molecule has 0 bridgehead atoms. The van der Waals surface area contributed by atoms with Crippen molar-refractivity contribution in [1.82, 2.24) is 4.90 Å². The van der Waals surface area contributed by atoms with Crippen LogP contribution in [0.4, 0.5) is 0 Å². The van der Waals surface area contributed by atoms with E-state index in [0.29, 0.717) is 17.7 Å². The number of carbonyl (C=O) groups is 3. The van der Waals surface area contributed by atoms with Gasteiger partial charge in [-0.05, 0) is 87.2 Å². The number of carbonyl (C=O) groups excluding carboxylic acids is 3. The topological polar surface area (TPSA) is 82.1 Å². The highest BCUT2D eigenvalue weighted by atomic mass is 127. The number of ether oxygens (including phenoxy) is 3. The summed E-state index contributed by atoms with van der Waals surface area (Å²) >= 11 is -0.611. The minimum atomic E-state index is -1.05. The summed E-state index contributed by atoms with van der Waals surface area (Å²) in [6, 6.07) is 18.0. The molecular weight excluding hydrogens is 621 g/mol. The van der Waals surface area contributed by atoms with E-state index in [4.69, 9.17) is 14.2 Å². The van der Waals surface area contributed by atoms with Crippen molar-refractivity contribution in [2.75, 3.05) is 26.9 Å². The van der Waals surface area contributed by atoms with Gasteiger partial charge >= 0.3 is 27.2 Å². The molecule has 1 aliphatic rings. The molecule has 3 aromatic carbocycles. The standard InChI is InChI=1S/C32H35INO6/c1-5-39-16-8-9-17-40-25-14-12-24(13-15-25)33-28-19-22(3)21(2)18-23(28)20-29(32(37)38-4)34-30(35)26-10-6-7-11-27(26)31(34)36/h6-7,10-15,18-19,29H,5,8-9,16-17,20H2,1-4H3/q+1/t29-/m0/s1. The first-order chi connectivity index (χ1) is 19.3. The van der Waals surface area contributed by atoms with Crippen molar-refractivity contribution >= 4 is 17.8 Å². The highest BCUT2D eigenvalue weighted by molar-refractivity contribution is 6.22. The van der Waals surface area contributed by atoms with E-state index in [0.717, 1.165) is 57.0 Å². The first kappa shape index (κ1) is 29.7. The normalized spacial score (nSPS) is 13.3. The fraction of sp³-hybridized carbons (Fsp3) is 0.344. The maximum Gasteiger partial charge on any atom is 0.358 e. The van der Waals surface area contributed by atoms with E-state index in [1.807, 2.05) is 26.0 Å². The number of fused-ring (bicyclic) bond motifs is 1. The third kappa shape index (κ3) is 6.90. The zero-order valence-electron chi connectivity index (χ0n) is 23.4. The van der Waals surface area contributed by atoms with Crippen molar-refractivity contribution in [2.45, 2.75) is 46.1 Å². The number of unbranched alkanes of at least 4 members (excludes halogenated alkanes) is 1. The molecule has 1 heterocycles. The highest BCUT2D eigenvalue weighted by Crippen LogP contribution is 2.27. The Labute approximate surface area is 246 Å². The van der Waals surface area contributed by atoms with Gasteiger partial charge in [0.25, 0.3) is 11.8 Å². The van der Waals surface area contributed by atoms with Crippen LogP contribution >= 0.6 is 0 Å². The Balaban J connectivity index is 1.53. The van der Waals surface area contributed by atoms with Crippen LogP contribution in [0.2, 0.25) is 0 Å². The monoisotopic (exact) mass is 656 g/mol. The van der Waals surface area contributed by atoms with Gasteiger partial charge in [0.15, 0.2) is 7.14 Å². The second-order valence-electron chi connectivity index (χ2n) is 9.60. The summed E-state index contributed by atoms with van der Waals surface area (Å²) in [6.07, 6.45) is 2.10. The van der Waals surface area contributed by atoms with Crippen LogP contribution in [0, 0.1) is 21.0 Å². The summed E-state index contributed by atoms with van der Waals surface area (Å²) in [5, 5.41) is 0. The molecule has 0 spiro atoms. The summed E-state index contributed by atoms with van der Waals surface area (Å²) < 4.78 is 18.7. The quantitative estimate of drug-likeness (QED) is 0.121. The SMILES string of the molecule is CCOCCCCOc1ccc([I+]c2cc(C)c(C)cc2C[C@@H](C(=O)OC)N2C(=O)c3ccccc3C2=O)cc1. The number of imide groups is 1. The smallest absolute Gasteiger partial charge is 0.358 e. The van der Waals surface area contributed by atoms with Crippen LogP contribution in [-0.4, -0.2) is 55.7 Å². The van der Waals surface area contributed by atoms with E-state index in [1.165, 1.54) is 10.7 Å². The van der Waals surface area contributed by atoms with Crippen molar-refractivity contribution in [3.05, 3.63) is 95.6 Å². The molecule has 4 rings (SSSR count). The number of halogens is 1. The number of esters is 1. The maximum absolute atomic E-state index is 13.2. The predicted octanol–water partition coefficient (Wildman–Crippen LogP) is 2.01. The molecule has 1 atom stereocenters. The van der Waals surface area contributed by atoms with Gasteiger partial charge in [0.2, 0.25) is 0 Å². The van der Waals surface area contributed by atoms with Crippen molar-refractivity contribution in [2.24, 2.45) is 0 Å². The van der Waals surface area contributed by atoms with Gasteiger partial charge in [0.05, 0.1) is 24.8 Å². The summed E-state index contributed by atoms with van der Waals surface area (Å²) in [7, 11) is 1.28. The van der Waals surface area contributed by atoms with Gasteiger partial charge in [-0.25, -0.2) is 4.79 Å². The molecule has 0 aromatic heterocycles. The first-order valence-corrected chi connectivity index (χ1v) is 15.6. The van der Waals surface area contributed by atoms with Gasteiger partial charge in [0, 0.05) is 25.2 Å². The van der Waals surface area contributed by atoms with Crippen LogP contribution in [0.5, 0.6) is 5.75 Å². The second kappa shape index (κ2) is 13.9. The lowest BCUT2D eigenvalue weighted by atomic mass is 10.00. The van der Waals surface area contributed by atoms with Crippen LogP contribution in [0.25, 0.3) is 0 Å². The van der Waals surface area contributed by atoms with E-state index in [1.54, 1.807) is 24.3 Å². The van der Waals surface area contributed by atoms with E-state index < -0.39 is 45.0 Å². The fourth-order valence-corrected chi connectivity index (χ4v) is 7.29. The minimum Gasteiger partial charge on any atom is -0.494 e. The van der Waals surface area contributed by atoms with Gasteiger partial charge in [-0.3, -0.25) is 14.5 Å². The average molecular weight is 657 g/mol. The van der Waals surface area contributed by atoms with E-state index in [9.17, 15) is 14.4 Å². The predicted molar refractivity (Wildman–Crippen MR) is 147 cm³/mol. The summed E-state index contributed by atoms with van der Waals surface area (Å²) in [6.45, 7) is 8.22. The number of hydrogen-bond donors (Lipinski definition) is 0. The van der Waals surface area contributed by atoms with Crippen LogP contribution in [0.3, 0.4) is 0 Å². The molecule has 0 unspecified atom stereocenters. The number of aryl methyl sites for hydroxylation is 2. The molecule has 40 heavy (non-hydrogen) atoms. The molecule has 7 nitrogen and oxygen atoms in total. The van der Waals surface area contributed by atoms with Gasteiger partial charge in [0.1, 0.15) is 11.8 Å². The van der Waals surface area contributed by atoms with Gasteiger partial charge in [-0.2, -0.15) is 0 Å². The Bertz CT molecular complexity index is 1340. The van der Waals surface area contributed by atoms with Gasteiger partial charge in [-0.1, -0.05) is 18.2 Å². The molecule has 0 aliphatic carbocycles. The summed E-state index contributed by atoms with van der Waals surface area (Å²) in [5.74, 6) is -0.713. The molecule has 0 radical (unpaired) electrons. The third-order valence-electron chi connectivity index (χ3n) is 6.87. The second-order valence-corrected chi connectivity index (χ2v) is 12.5. The lowest BCUT2D eigenvalue weighted by molar-refractivity contribution is -0.598. The van der Waals surface area contributed by atoms with E-state index in [-0.39, 0.29) is 6.42 Å². The van der Waals surface area contributed by atoms with Crippen molar-refractivity contribution < 1.29 is 49.8 Å². The molecule has 210 valence electrons. The lowest BCUT2D eigenvalue weighted by Gasteiger charge is -2.24. The maximum atomic E-state index is 13.2. The zero-order chi connectivity index (χ0) is 28.6. The van der Waals surface area contributed by atoms with Crippen molar-refractivity contribution in [3.63, 3.8) is 0 Å². The molecular formula is C32H35INO6+. The lowest BCUT2D eigenvalue weighted by Crippen LogP contribution is -3.61. The molecule has 3 aromatic rings. The van der Waals surface area contributed by atoms with Gasteiger partial charge < -0.3 is 14.2 Å². The number of amides is 2. The Morgan fingerprint density at radius 1 is 0.900 bits per heavy atom. The van der Waals surface area contributed by atoms with Crippen molar-refractivity contribution in [3.8, 4) is 5.75 Å². The molecule has 2 amide bonds. The summed E-state index contributed by atoms with van der Waals surface area (Å²) in [4.78, 5) is 40.5. The average Bonchev–Trinajstić information content (AvgIpc) is 3.21. The number of hydrogen-bond acceptors (Lipinski definition) is 6. The Morgan fingerprint density at radius 2 is 1.52 bits per heavy atom. The van der Waals surface area contributed by atoms with Crippen LogP contribution in [0.1, 0.15) is 57.2 Å². The highest BCUT2D eigenvalue weighted by Gasteiger charge is 2.44. The zero-order valence-corrected chi connectivity index (χ0v) is 25.5. The molecule has 1 aliphatic heterocycles. The number of nitrogens with zero attached hydrogens (tertiary/aromatic N) is 1. The Kier molecular flexibility index (Phi) is 10.3. The van der Waals surface area contributed by atoms with Crippen LogP contribution in [0.15, 0.2) is 60.7 Å². The largest absolute Gasteiger partial charge is 0.494 e. The molecule has 0 saturated carbocycles. The van der Waals surface area contributed by atoms with Gasteiger partial charge in [-0.15, -0.1) is 0 Å². The first-order valence-electron chi connectivity index (χ1n) is 13.4. The fourth-order valence-electron chi connectivity index (χ4n) is 4.55. The van der Waals surface area contributed by atoms with Crippen LogP contribution < -0.4 is 25.9 Å². The molecule has 0 fully saturated rings.